The minimum Gasteiger partial charge on any atom is -0.378 e. The van der Waals surface area contributed by atoms with Gasteiger partial charge in [-0.3, -0.25) is 4.79 Å². The molecule has 0 saturated heterocycles. The van der Waals surface area contributed by atoms with Crippen molar-refractivity contribution in [1.29, 1.82) is 0 Å². The Bertz CT molecular complexity index is 1580. The lowest BCUT2D eigenvalue weighted by Gasteiger charge is -2.13. The van der Waals surface area contributed by atoms with Gasteiger partial charge in [0.05, 0.1) is 5.56 Å². The van der Waals surface area contributed by atoms with E-state index in [0.29, 0.717) is 22.7 Å². The van der Waals surface area contributed by atoms with Crippen LogP contribution in [0.25, 0.3) is 28.5 Å². The van der Waals surface area contributed by atoms with Gasteiger partial charge in [0, 0.05) is 37.2 Å². The highest BCUT2D eigenvalue weighted by Crippen LogP contribution is 2.25. The van der Waals surface area contributed by atoms with E-state index in [2.05, 4.69) is 20.6 Å². The molecule has 0 bridgehead atoms. The fourth-order valence-corrected chi connectivity index (χ4v) is 3.72. The highest BCUT2D eigenvalue weighted by molar-refractivity contribution is 5.90. The van der Waals surface area contributed by atoms with Crippen LogP contribution < -0.4 is 15.9 Å². The molecule has 0 spiro atoms. The number of amides is 1. The predicted octanol–water partition coefficient (Wildman–Crippen LogP) is 3.23. The van der Waals surface area contributed by atoms with Gasteiger partial charge in [-0.1, -0.05) is 28.9 Å². The van der Waals surface area contributed by atoms with Crippen LogP contribution >= 0.6 is 0 Å². The number of fused-ring (bicyclic) bond motifs is 1. The third-order valence-corrected chi connectivity index (χ3v) is 5.50. The van der Waals surface area contributed by atoms with Crippen LogP contribution in [0.5, 0.6) is 0 Å². The van der Waals surface area contributed by atoms with Crippen molar-refractivity contribution in [2.45, 2.75) is 13.5 Å². The number of nitrogens with zero attached hydrogens (tertiary/aromatic N) is 6. The summed E-state index contributed by atoms with van der Waals surface area (Å²) in [6, 6.07) is 18.6. The summed E-state index contributed by atoms with van der Waals surface area (Å²) in [7, 11) is 3.88. The smallest absolute Gasteiger partial charge is 0.350 e. The van der Waals surface area contributed by atoms with Crippen molar-refractivity contribution in [2.75, 3.05) is 24.3 Å². The van der Waals surface area contributed by atoms with Crippen LogP contribution in [0.2, 0.25) is 0 Å². The molecule has 3 heterocycles. The van der Waals surface area contributed by atoms with Gasteiger partial charge in [-0.05, 0) is 49.4 Å². The zero-order valence-corrected chi connectivity index (χ0v) is 19.5. The Morgan fingerprint density at radius 2 is 1.89 bits per heavy atom. The molecule has 10 nitrogen and oxygen atoms in total. The largest absolute Gasteiger partial charge is 0.378 e. The van der Waals surface area contributed by atoms with Crippen LogP contribution in [0.15, 0.2) is 76.2 Å². The van der Waals surface area contributed by atoms with Crippen molar-refractivity contribution in [3.05, 3.63) is 82.9 Å². The van der Waals surface area contributed by atoms with Crippen molar-refractivity contribution >= 4 is 22.9 Å². The number of nitrogens with one attached hydrogen (secondary N) is 1. The zero-order valence-electron chi connectivity index (χ0n) is 19.5. The molecule has 0 atom stereocenters. The van der Waals surface area contributed by atoms with E-state index in [0.717, 1.165) is 21.5 Å². The number of aromatic nitrogens is 5. The molecular formula is C25H23N7O3. The van der Waals surface area contributed by atoms with Gasteiger partial charge in [-0.25, -0.2) is 13.9 Å². The molecule has 0 fully saturated rings. The van der Waals surface area contributed by atoms with Crippen LogP contribution in [-0.4, -0.2) is 44.3 Å². The molecule has 176 valence electrons. The van der Waals surface area contributed by atoms with Gasteiger partial charge < -0.3 is 14.7 Å². The van der Waals surface area contributed by atoms with E-state index in [4.69, 9.17) is 4.52 Å². The maximum Gasteiger partial charge on any atom is 0.350 e. The van der Waals surface area contributed by atoms with E-state index >= 15 is 0 Å². The summed E-state index contributed by atoms with van der Waals surface area (Å²) in [5, 5.41) is 11.2. The highest BCUT2D eigenvalue weighted by atomic mass is 16.5. The number of hydrogen-bond acceptors (Lipinski definition) is 7. The normalized spacial score (nSPS) is 11.1. The SMILES string of the molecule is Cc1cccc(-c2noc(-c3cccn4c(=O)n(CC(=O)Nc5ccc(N(C)C)cc5)nc34)n2)c1. The maximum atomic E-state index is 12.9. The lowest BCUT2D eigenvalue weighted by Crippen LogP contribution is -2.28. The average Bonchev–Trinajstić information content (AvgIpc) is 3.45. The first kappa shape index (κ1) is 22.1. The zero-order chi connectivity index (χ0) is 24.5. The molecule has 0 unspecified atom stereocenters. The van der Waals surface area contributed by atoms with Gasteiger partial charge in [0.25, 0.3) is 5.89 Å². The molecule has 35 heavy (non-hydrogen) atoms. The molecule has 1 N–H and O–H groups in total. The summed E-state index contributed by atoms with van der Waals surface area (Å²) in [6.07, 6.45) is 1.58. The molecule has 0 saturated carbocycles. The molecule has 0 radical (unpaired) electrons. The van der Waals surface area contributed by atoms with Gasteiger partial charge in [0.2, 0.25) is 11.7 Å². The van der Waals surface area contributed by atoms with E-state index < -0.39 is 5.69 Å². The maximum absolute atomic E-state index is 12.9. The summed E-state index contributed by atoms with van der Waals surface area (Å²) < 4.78 is 7.94. The Morgan fingerprint density at radius 1 is 1.09 bits per heavy atom. The number of hydrogen-bond donors (Lipinski definition) is 1. The summed E-state index contributed by atoms with van der Waals surface area (Å²) in [6.45, 7) is 1.74. The van der Waals surface area contributed by atoms with Crippen LogP contribution in [0.1, 0.15) is 5.56 Å². The van der Waals surface area contributed by atoms with Crippen LogP contribution in [0.3, 0.4) is 0 Å². The second kappa shape index (κ2) is 8.90. The van der Waals surface area contributed by atoms with Crippen LogP contribution in [-0.2, 0) is 11.3 Å². The Morgan fingerprint density at radius 3 is 2.63 bits per heavy atom. The third-order valence-electron chi connectivity index (χ3n) is 5.50. The Hall–Kier alpha value is -4.73. The van der Waals surface area contributed by atoms with E-state index in [1.54, 1.807) is 30.5 Å². The van der Waals surface area contributed by atoms with Crippen LogP contribution in [0, 0.1) is 6.92 Å². The molecule has 10 heteroatoms. The molecule has 2 aromatic carbocycles. The Balaban J connectivity index is 1.41. The quantitative estimate of drug-likeness (QED) is 0.406. The van der Waals surface area contributed by atoms with Crippen LogP contribution in [0.4, 0.5) is 11.4 Å². The number of anilines is 2. The van der Waals surface area contributed by atoms with Crippen molar-refractivity contribution in [1.82, 2.24) is 24.3 Å². The standard InChI is InChI=1S/C25H23N7O3/c1-16-6-4-7-17(14-16)22-27-24(35-29-22)20-8-5-13-31-23(20)28-32(25(31)34)15-21(33)26-18-9-11-19(12-10-18)30(2)3/h4-14H,15H2,1-3H3,(H,26,33). The Labute approximate surface area is 200 Å². The summed E-state index contributed by atoms with van der Waals surface area (Å²) in [4.78, 5) is 32.0. The van der Waals surface area contributed by atoms with Gasteiger partial charge in [0.1, 0.15) is 6.54 Å². The monoisotopic (exact) mass is 469 g/mol. The molecule has 0 aliphatic heterocycles. The molecule has 0 aliphatic rings. The minimum atomic E-state index is -0.446. The van der Waals surface area contributed by atoms with Gasteiger partial charge in [0.15, 0.2) is 5.65 Å². The second-order valence-electron chi connectivity index (χ2n) is 8.34. The summed E-state index contributed by atoms with van der Waals surface area (Å²) >= 11 is 0. The lowest BCUT2D eigenvalue weighted by molar-refractivity contribution is -0.117. The molecule has 1 amide bonds. The number of carbonyl (C=O) groups excluding carboxylic acids is 1. The molecule has 3 aromatic heterocycles. The molecular weight excluding hydrogens is 446 g/mol. The van der Waals surface area contributed by atoms with Gasteiger partial charge in [-0.15, -0.1) is 5.10 Å². The third kappa shape index (κ3) is 4.41. The van der Waals surface area contributed by atoms with Crippen molar-refractivity contribution in [3.63, 3.8) is 0 Å². The number of aryl methyl sites for hydroxylation is 1. The van der Waals surface area contributed by atoms with E-state index in [9.17, 15) is 9.59 Å². The fourth-order valence-electron chi connectivity index (χ4n) is 3.72. The fraction of sp³-hybridized carbons (Fsp3) is 0.160. The first-order valence-corrected chi connectivity index (χ1v) is 11.0. The van der Waals surface area contributed by atoms with E-state index in [-0.39, 0.29) is 18.3 Å². The summed E-state index contributed by atoms with van der Waals surface area (Å²) in [5.74, 6) is 0.302. The van der Waals surface area contributed by atoms with Crippen molar-refractivity contribution < 1.29 is 9.32 Å². The van der Waals surface area contributed by atoms with E-state index in [1.807, 2.05) is 62.3 Å². The topological polar surface area (TPSA) is 111 Å². The number of rotatable bonds is 6. The molecule has 5 rings (SSSR count). The lowest BCUT2D eigenvalue weighted by atomic mass is 10.1. The first-order valence-electron chi connectivity index (χ1n) is 11.0. The van der Waals surface area contributed by atoms with Crippen molar-refractivity contribution in [2.24, 2.45) is 0 Å². The first-order chi connectivity index (χ1) is 16.9. The predicted molar refractivity (Wildman–Crippen MR) is 132 cm³/mol. The summed E-state index contributed by atoms with van der Waals surface area (Å²) in [5.41, 5.74) is 3.91. The second-order valence-corrected chi connectivity index (χ2v) is 8.34. The minimum absolute atomic E-state index is 0.231. The average molecular weight is 470 g/mol. The van der Waals surface area contributed by atoms with Gasteiger partial charge >= 0.3 is 5.69 Å². The Kier molecular flexibility index (Phi) is 5.61. The van der Waals surface area contributed by atoms with Crippen molar-refractivity contribution in [3.8, 4) is 22.8 Å². The number of carbonyl (C=O) groups is 1. The molecule has 5 aromatic rings. The number of benzene rings is 2. The van der Waals surface area contributed by atoms with Gasteiger partial charge in [-0.2, -0.15) is 4.98 Å². The van der Waals surface area contributed by atoms with E-state index in [1.165, 1.54) is 4.40 Å². The molecule has 0 aliphatic carbocycles. The highest BCUT2D eigenvalue weighted by Gasteiger charge is 2.18. The number of pyridine rings is 1.